The molecular weight excluding hydrogens is 648 g/mol. The van der Waals surface area contributed by atoms with E-state index >= 15 is 0 Å². The van der Waals surface area contributed by atoms with Crippen molar-refractivity contribution in [2.24, 2.45) is 4.99 Å². The van der Waals surface area contributed by atoms with Crippen molar-refractivity contribution in [3.63, 3.8) is 0 Å². The summed E-state index contributed by atoms with van der Waals surface area (Å²) in [6.45, 7) is 4.57. The van der Waals surface area contributed by atoms with Crippen LogP contribution < -0.4 is 29.1 Å². The van der Waals surface area contributed by atoms with Gasteiger partial charge in [0, 0.05) is 10.6 Å². The van der Waals surface area contributed by atoms with Crippen molar-refractivity contribution >= 4 is 40.7 Å². The molecule has 244 valence electrons. The van der Waals surface area contributed by atoms with E-state index in [1.165, 1.54) is 11.3 Å². The normalized spacial score (nSPS) is 14.2. The highest BCUT2D eigenvalue weighted by Crippen LogP contribution is 2.36. The van der Waals surface area contributed by atoms with Crippen LogP contribution in [0, 0.1) is 0 Å². The molecule has 5 aromatic rings. The van der Waals surface area contributed by atoms with Gasteiger partial charge in [0.1, 0.15) is 12.4 Å². The zero-order chi connectivity index (χ0) is 33.6. The standard InChI is InChI=1S/C38H33ClN2O6S/c1-4-45-31-21-24(14-19-30(31)47-23-25-10-9-13-28(39)20-25)22-32-36(42)41-35(27-15-17-29(44-3)18-16-27)33(37(43)46-5-2)34(40-38(41)48-32)26-11-7-6-8-12-26/h6-22,35H,4-5,23H2,1-3H3/b32-22-/t35-/m0/s1. The highest BCUT2D eigenvalue weighted by atomic mass is 35.5. The van der Waals surface area contributed by atoms with E-state index in [1.807, 2.05) is 91.9 Å². The average molecular weight is 681 g/mol. The van der Waals surface area contributed by atoms with Crippen molar-refractivity contribution in [1.29, 1.82) is 0 Å². The van der Waals surface area contributed by atoms with Crippen molar-refractivity contribution in [2.75, 3.05) is 20.3 Å². The first-order valence-electron chi connectivity index (χ1n) is 15.5. The first-order valence-corrected chi connectivity index (χ1v) is 16.7. The fourth-order valence-corrected chi connectivity index (χ4v) is 6.70. The maximum Gasteiger partial charge on any atom is 0.338 e. The minimum absolute atomic E-state index is 0.172. The Labute approximate surface area is 286 Å². The molecule has 0 N–H and O–H groups in total. The Hall–Kier alpha value is -5.12. The Bertz CT molecular complexity index is 2160. The number of carbonyl (C=O) groups excluding carboxylic acids is 1. The van der Waals surface area contributed by atoms with Crippen LogP contribution in [0.2, 0.25) is 5.02 Å². The molecule has 0 saturated heterocycles. The number of fused-ring (bicyclic) bond motifs is 1. The maximum atomic E-state index is 14.3. The van der Waals surface area contributed by atoms with E-state index in [0.29, 0.717) is 50.5 Å². The predicted molar refractivity (Wildman–Crippen MR) is 187 cm³/mol. The van der Waals surface area contributed by atoms with E-state index in [1.54, 1.807) is 36.8 Å². The second kappa shape index (κ2) is 14.8. The highest BCUT2D eigenvalue weighted by molar-refractivity contribution is 7.07. The summed E-state index contributed by atoms with van der Waals surface area (Å²) >= 11 is 7.39. The number of hydrogen-bond acceptors (Lipinski definition) is 8. The molecule has 0 spiro atoms. The molecule has 1 atom stereocenters. The van der Waals surface area contributed by atoms with Crippen molar-refractivity contribution < 1.29 is 23.7 Å². The molecule has 0 unspecified atom stereocenters. The lowest BCUT2D eigenvalue weighted by Crippen LogP contribution is -2.40. The van der Waals surface area contributed by atoms with Crippen molar-refractivity contribution in [3.05, 3.63) is 150 Å². The Morgan fingerprint density at radius 3 is 2.42 bits per heavy atom. The molecule has 4 aromatic carbocycles. The van der Waals surface area contributed by atoms with Crippen LogP contribution >= 0.6 is 22.9 Å². The zero-order valence-corrected chi connectivity index (χ0v) is 28.2. The van der Waals surface area contributed by atoms with Gasteiger partial charge in [0.2, 0.25) is 0 Å². The molecule has 0 saturated carbocycles. The molecule has 0 amide bonds. The Morgan fingerprint density at radius 1 is 0.917 bits per heavy atom. The summed E-state index contributed by atoms with van der Waals surface area (Å²) in [6.07, 6.45) is 1.80. The Balaban J connectivity index is 1.47. The van der Waals surface area contributed by atoms with Crippen LogP contribution in [0.15, 0.2) is 112 Å². The number of esters is 1. The van der Waals surface area contributed by atoms with Gasteiger partial charge in [0.05, 0.1) is 42.2 Å². The summed E-state index contributed by atoms with van der Waals surface area (Å²) in [7, 11) is 1.59. The average Bonchev–Trinajstić information content (AvgIpc) is 3.41. The second-order valence-electron chi connectivity index (χ2n) is 10.8. The minimum atomic E-state index is -0.787. The van der Waals surface area contributed by atoms with Crippen LogP contribution in [0.25, 0.3) is 11.8 Å². The van der Waals surface area contributed by atoms with Crippen molar-refractivity contribution in [2.45, 2.75) is 26.5 Å². The van der Waals surface area contributed by atoms with Gasteiger partial charge >= 0.3 is 5.97 Å². The number of aromatic nitrogens is 1. The van der Waals surface area contributed by atoms with Crippen LogP contribution in [0.5, 0.6) is 17.2 Å². The molecule has 8 nitrogen and oxygen atoms in total. The highest BCUT2D eigenvalue weighted by Gasteiger charge is 2.35. The van der Waals surface area contributed by atoms with Gasteiger partial charge < -0.3 is 18.9 Å². The number of benzene rings is 4. The number of hydrogen-bond donors (Lipinski definition) is 0. The molecular formula is C38H33ClN2O6S. The van der Waals surface area contributed by atoms with E-state index < -0.39 is 12.0 Å². The summed E-state index contributed by atoms with van der Waals surface area (Å²) in [5.41, 5.74) is 3.59. The molecule has 2 heterocycles. The summed E-state index contributed by atoms with van der Waals surface area (Å²) < 4.78 is 25.0. The second-order valence-corrected chi connectivity index (χ2v) is 12.2. The van der Waals surface area contributed by atoms with Crippen LogP contribution in [-0.4, -0.2) is 30.9 Å². The van der Waals surface area contributed by atoms with E-state index in [-0.39, 0.29) is 17.7 Å². The van der Waals surface area contributed by atoms with Gasteiger partial charge in [-0.2, -0.15) is 0 Å². The van der Waals surface area contributed by atoms with Gasteiger partial charge in [-0.05, 0) is 73.0 Å². The minimum Gasteiger partial charge on any atom is -0.497 e. The lowest BCUT2D eigenvalue weighted by Gasteiger charge is -2.26. The number of rotatable bonds is 11. The maximum absolute atomic E-state index is 14.3. The molecule has 0 radical (unpaired) electrons. The van der Waals surface area contributed by atoms with Gasteiger partial charge in [0.25, 0.3) is 5.56 Å². The van der Waals surface area contributed by atoms with Gasteiger partial charge in [0.15, 0.2) is 16.3 Å². The summed E-state index contributed by atoms with van der Waals surface area (Å²) in [4.78, 5) is 33.3. The van der Waals surface area contributed by atoms with Gasteiger partial charge in [-0.1, -0.05) is 83.6 Å². The third-order valence-electron chi connectivity index (χ3n) is 7.65. The molecule has 1 aliphatic heterocycles. The summed E-state index contributed by atoms with van der Waals surface area (Å²) in [5, 5.41) is 0.637. The topological polar surface area (TPSA) is 88.4 Å². The summed E-state index contributed by atoms with van der Waals surface area (Å²) in [6, 6.07) is 29.0. The SMILES string of the molecule is CCOC(=O)C1=C(c2ccccc2)N=c2s/c(=C\c3ccc(OCc4cccc(Cl)c4)c(OCC)c3)c(=O)n2[C@H]1c1ccc(OC)cc1. The monoisotopic (exact) mass is 680 g/mol. The van der Waals surface area contributed by atoms with Gasteiger partial charge in [-0.15, -0.1) is 0 Å². The van der Waals surface area contributed by atoms with Crippen LogP contribution in [0.3, 0.4) is 0 Å². The fraction of sp³-hybridized carbons (Fsp3) is 0.184. The predicted octanol–water partition coefficient (Wildman–Crippen LogP) is 6.58. The molecule has 6 rings (SSSR count). The third kappa shape index (κ3) is 6.93. The number of thiazole rings is 1. The van der Waals surface area contributed by atoms with Crippen LogP contribution in [-0.2, 0) is 16.1 Å². The number of nitrogens with zero attached hydrogens (tertiary/aromatic N) is 2. The van der Waals surface area contributed by atoms with E-state index in [9.17, 15) is 9.59 Å². The fourth-order valence-electron chi connectivity index (χ4n) is 5.48. The lowest BCUT2D eigenvalue weighted by atomic mass is 9.93. The molecule has 48 heavy (non-hydrogen) atoms. The molecule has 0 fully saturated rings. The molecule has 0 bridgehead atoms. The van der Waals surface area contributed by atoms with E-state index in [4.69, 9.17) is 35.5 Å². The smallest absolute Gasteiger partial charge is 0.338 e. The molecule has 0 aliphatic carbocycles. The number of halogens is 1. The van der Waals surface area contributed by atoms with Gasteiger partial charge in [-0.25, -0.2) is 9.79 Å². The van der Waals surface area contributed by atoms with E-state index in [0.717, 1.165) is 22.3 Å². The van der Waals surface area contributed by atoms with Crippen molar-refractivity contribution in [3.8, 4) is 17.2 Å². The molecule has 10 heteroatoms. The zero-order valence-electron chi connectivity index (χ0n) is 26.6. The number of methoxy groups -OCH3 is 1. The number of ether oxygens (including phenoxy) is 4. The Morgan fingerprint density at radius 2 is 1.71 bits per heavy atom. The largest absolute Gasteiger partial charge is 0.497 e. The quantitative estimate of drug-likeness (QED) is 0.147. The van der Waals surface area contributed by atoms with E-state index in [2.05, 4.69) is 0 Å². The third-order valence-corrected chi connectivity index (χ3v) is 8.87. The van der Waals surface area contributed by atoms with Crippen LogP contribution in [0.4, 0.5) is 0 Å². The first kappa shape index (κ1) is 32.8. The lowest BCUT2D eigenvalue weighted by molar-refractivity contribution is -0.138. The first-order chi connectivity index (χ1) is 23.4. The van der Waals surface area contributed by atoms with Gasteiger partial charge in [-0.3, -0.25) is 9.36 Å². The molecule has 1 aromatic heterocycles. The molecule has 1 aliphatic rings. The van der Waals surface area contributed by atoms with Crippen molar-refractivity contribution in [1.82, 2.24) is 4.57 Å². The summed E-state index contributed by atoms with van der Waals surface area (Å²) in [5.74, 6) is 1.24. The number of carbonyl (C=O) groups is 1. The Kier molecular flexibility index (Phi) is 10.1. The van der Waals surface area contributed by atoms with Crippen LogP contribution in [0.1, 0.15) is 42.1 Å².